The van der Waals surface area contributed by atoms with Crippen molar-refractivity contribution in [1.82, 2.24) is 4.90 Å². The summed E-state index contributed by atoms with van der Waals surface area (Å²) in [5.41, 5.74) is -1.58. The average molecular weight is 340 g/mol. The Morgan fingerprint density at radius 3 is 2.29 bits per heavy atom. The molecule has 1 amide bonds. The van der Waals surface area contributed by atoms with Crippen LogP contribution in [-0.2, 0) is 9.05 Å². The Balaban J connectivity index is 3.48. The lowest BCUT2D eigenvalue weighted by Crippen LogP contribution is -2.45. The highest BCUT2D eigenvalue weighted by Gasteiger charge is 2.32. The second-order valence-corrected chi connectivity index (χ2v) is 7.74. The molecule has 118 valence electrons. The van der Waals surface area contributed by atoms with Crippen LogP contribution in [0, 0.1) is 11.6 Å². The first-order chi connectivity index (χ1) is 9.43. The van der Waals surface area contributed by atoms with E-state index in [1.165, 1.54) is 11.9 Å². The molecule has 0 atom stereocenters. The van der Waals surface area contributed by atoms with Crippen molar-refractivity contribution in [3.63, 3.8) is 0 Å². The summed E-state index contributed by atoms with van der Waals surface area (Å²) < 4.78 is 50.5. The maximum Gasteiger partial charge on any atom is 0.264 e. The second-order valence-electron chi connectivity index (χ2n) is 5.20. The van der Waals surface area contributed by atoms with Crippen molar-refractivity contribution >= 4 is 25.6 Å². The molecule has 0 unspecified atom stereocenters. The first kappa shape index (κ1) is 17.8. The zero-order valence-electron chi connectivity index (χ0n) is 12.1. The molecular formula is C13H16ClF2NO3S. The topological polar surface area (TPSA) is 54.5 Å². The number of hydrogen-bond acceptors (Lipinski definition) is 3. The number of amides is 1. The summed E-state index contributed by atoms with van der Waals surface area (Å²) in [5, 5.41) is 0. The number of hydrogen-bond donors (Lipinski definition) is 0. The van der Waals surface area contributed by atoms with E-state index in [9.17, 15) is 22.0 Å². The fourth-order valence-corrected chi connectivity index (χ4v) is 2.50. The van der Waals surface area contributed by atoms with Gasteiger partial charge in [0.25, 0.3) is 15.0 Å². The summed E-state index contributed by atoms with van der Waals surface area (Å²) in [6.07, 6.45) is 0.548. The minimum atomic E-state index is -4.41. The molecule has 0 aliphatic rings. The predicted octanol–water partition coefficient (Wildman–Crippen LogP) is 3.15. The third-order valence-electron chi connectivity index (χ3n) is 3.61. The van der Waals surface area contributed by atoms with Crippen LogP contribution in [0.3, 0.4) is 0 Å². The molecule has 0 aromatic heterocycles. The normalized spacial score (nSPS) is 12.3. The summed E-state index contributed by atoms with van der Waals surface area (Å²) in [5.74, 6) is -3.56. The fraction of sp³-hybridized carbons (Fsp3) is 0.462. The van der Waals surface area contributed by atoms with E-state index in [4.69, 9.17) is 10.7 Å². The first-order valence-corrected chi connectivity index (χ1v) is 8.45. The number of carbonyl (C=O) groups excluding carboxylic acids is 1. The number of benzene rings is 1. The van der Waals surface area contributed by atoms with Gasteiger partial charge in [-0.2, -0.15) is 0 Å². The Morgan fingerprint density at radius 1 is 1.33 bits per heavy atom. The lowest BCUT2D eigenvalue weighted by Gasteiger charge is -2.35. The SMILES string of the molecule is CCC(C)(C)N(C)C(=O)c1c(F)ccc(S(=O)(=O)Cl)c1F. The molecule has 0 spiro atoms. The largest absolute Gasteiger partial charge is 0.336 e. The van der Waals surface area contributed by atoms with Gasteiger partial charge in [-0.05, 0) is 32.4 Å². The second kappa shape index (κ2) is 5.88. The van der Waals surface area contributed by atoms with Crippen molar-refractivity contribution in [3.8, 4) is 0 Å². The standard InChI is InChI=1S/C13H16ClF2NO3S/c1-5-13(2,3)17(4)12(18)10-8(15)6-7-9(11(10)16)21(14,19)20/h6-7H,5H2,1-4H3. The lowest BCUT2D eigenvalue weighted by atomic mass is 9.98. The minimum absolute atomic E-state index is 0.548. The average Bonchev–Trinajstić information content (AvgIpc) is 2.35. The molecule has 1 aromatic carbocycles. The highest BCUT2D eigenvalue weighted by Crippen LogP contribution is 2.27. The van der Waals surface area contributed by atoms with Gasteiger partial charge in [-0.15, -0.1) is 0 Å². The quantitative estimate of drug-likeness (QED) is 0.792. The van der Waals surface area contributed by atoms with E-state index >= 15 is 0 Å². The van der Waals surface area contributed by atoms with Gasteiger partial charge in [-0.1, -0.05) is 6.92 Å². The van der Waals surface area contributed by atoms with Crippen LogP contribution in [-0.4, -0.2) is 31.8 Å². The monoisotopic (exact) mass is 339 g/mol. The first-order valence-electron chi connectivity index (χ1n) is 6.14. The van der Waals surface area contributed by atoms with Crippen LogP contribution in [0.1, 0.15) is 37.6 Å². The van der Waals surface area contributed by atoms with E-state index in [-0.39, 0.29) is 0 Å². The van der Waals surface area contributed by atoms with Crippen molar-refractivity contribution in [2.45, 2.75) is 37.6 Å². The van der Waals surface area contributed by atoms with Gasteiger partial charge in [0.15, 0.2) is 5.82 Å². The molecule has 0 bridgehead atoms. The van der Waals surface area contributed by atoms with Gasteiger partial charge in [-0.3, -0.25) is 4.79 Å². The molecule has 0 saturated heterocycles. The third-order valence-corrected chi connectivity index (χ3v) is 4.95. The Hall–Kier alpha value is -1.21. The van der Waals surface area contributed by atoms with Gasteiger partial charge < -0.3 is 4.90 Å². The van der Waals surface area contributed by atoms with E-state index in [2.05, 4.69) is 0 Å². The van der Waals surface area contributed by atoms with E-state index < -0.39 is 42.6 Å². The zero-order valence-corrected chi connectivity index (χ0v) is 13.6. The zero-order chi connectivity index (χ0) is 16.6. The molecule has 0 aliphatic carbocycles. The van der Waals surface area contributed by atoms with Crippen LogP contribution in [0.25, 0.3) is 0 Å². The molecule has 4 nitrogen and oxygen atoms in total. The van der Waals surface area contributed by atoms with Crippen LogP contribution >= 0.6 is 10.7 Å². The summed E-state index contributed by atoms with van der Waals surface area (Å²) in [6.45, 7) is 5.27. The Kier molecular flexibility index (Phi) is 5.00. The van der Waals surface area contributed by atoms with Gasteiger partial charge in [0.1, 0.15) is 16.3 Å². The number of nitrogens with zero attached hydrogens (tertiary/aromatic N) is 1. The summed E-state index contributed by atoms with van der Waals surface area (Å²) >= 11 is 0. The van der Waals surface area contributed by atoms with Gasteiger partial charge in [-0.25, -0.2) is 17.2 Å². The van der Waals surface area contributed by atoms with E-state index in [1.54, 1.807) is 13.8 Å². The minimum Gasteiger partial charge on any atom is -0.336 e. The Labute approximate surface area is 127 Å². The molecule has 1 rings (SSSR count). The van der Waals surface area contributed by atoms with Gasteiger partial charge in [0, 0.05) is 23.3 Å². The van der Waals surface area contributed by atoms with Crippen molar-refractivity contribution < 1.29 is 22.0 Å². The predicted molar refractivity (Wildman–Crippen MR) is 75.9 cm³/mol. The van der Waals surface area contributed by atoms with Crippen LogP contribution in [0.4, 0.5) is 8.78 Å². The molecular weight excluding hydrogens is 324 g/mol. The lowest BCUT2D eigenvalue weighted by molar-refractivity contribution is 0.0609. The number of carbonyl (C=O) groups is 1. The van der Waals surface area contributed by atoms with Crippen LogP contribution < -0.4 is 0 Å². The fourth-order valence-electron chi connectivity index (χ4n) is 1.60. The Morgan fingerprint density at radius 2 is 1.86 bits per heavy atom. The molecule has 0 saturated carbocycles. The van der Waals surface area contributed by atoms with Crippen molar-refractivity contribution in [2.24, 2.45) is 0 Å². The van der Waals surface area contributed by atoms with Crippen molar-refractivity contribution in [2.75, 3.05) is 7.05 Å². The Bertz CT molecular complexity index is 674. The molecule has 0 heterocycles. The summed E-state index contributed by atoms with van der Waals surface area (Å²) in [6, 6.07) is 1.40. The van der Waals surface area contributed by atoms with E-state index in [1.807, 2.05) is 6.92 Å². The number of halogens is 3. The van der Waals surface area contributed by atoms with Crippen LogP contribution in [0.15, 0.2) is 17.0 Å². The van der Waals surface area contributed by atoms with Crippen molar-refractivity contribution in [1.29, 1.82) is 0 Å². The third kappa shape index (κ3) is 3.52. The van der Waals surface area contributed by atoms with Crippen LogP contribution in [0.5, 0.6) is 0 Å². The number of rotatable bonds is 4. The van der Waals surface area contributed by atoms with Gasteiger partial charge in [0.2, 0.25) is 0 Å². The maximum absolute atomic E-state index is 14.2. The molecule has 21 heavy (non-hydrogen) atoms. The molecule has 0 radical (unpaired) electrons. The molecule has 8 heteroatoms. The molecule has 0 aliphatic heterocycles. The highest BCUT2D eigenvalue weighted by atomic mass is 35.7. The summed E-state index contributed by atoms with van der Waals surface area (Å²) in [4.78, 5) is 12.5. The van der Waals surface area contributed by atoms with Crippen LogP contribution in [0.2, 0.25) is 0 Å². The van der Waals surface area contributed by atoms with E-state index in [0.29, 0.717) is 18.6 Å². The van der Waals surface area contributed by atoms with Gasteiger partial charge >= 0.3 is 0 Å². The molecule has 1 aromatic rings. The highest BCUT2D eigenvalue weighted by molar-refractivity contribution is 8.13. The van der Waals surface area contributed by atoms with E-state index in [0.717, 1.165) is 0 Å². The summed E-state index contributed by atoms with van der Waals surface area (Å²) in [7, 11) is 2.06. The van der Waals surface area contributed by atoms with Gasteiger partial charge in [0.05, 0.1) is 0 Å². The van der Waals surface area contributed by atoms with Crippen molar-refractivity contribution in [3.05, 3.63) is 29.3 Å². The molecule has 0 N–H and O–H groups in total. The molecule has 0 fully saturated rings. The smallest absolute Gasteiger partial charge is 0.264 e. The maximum atomic E-state index is 14.2.